The first-order valence-corrected chi connectivity index (χ1v) is 9.86. The fraction of sp³-hybridized carbons (Fsp3) is 0.125. The number of ketones is 1. The number of rotatable bonds is 8. The summed E-state index contributed by atoms with van der Waals surface area (Å²) in [4.78, 5) is 16.1. The zero-order chi connectivity index (χ0) is 21.6. The van der Waals surface area contributed by atoms with E-state index in [1.807, 2.05) is 29.0 Å². The first-order chi connectivity index (χ1) is 15.1. The van der Waals surface area contributed by atoms with Gasteiger partial charge in [-0.3, -0.25) is 9.89 Å². The minimum Gasteiger partial charge on any atom is -0.507 e. The lowest BCUT2D eigenvalue weighted by Crippen LogP contribution is -2.00. The molecule has 2 heterocycles. The number of aliphatic hydroxyl groups excluding tert-OH is 1. The van der Waals surface area contributed by atoms with E-state index in [1.165, 1.54) is 24.0 Å². The lowest BCUT2D eigenvalue weighted by Gasteiger charge is -2.04. The molecule has 0 unspecified atom stereocenters. The Kier molecular flexibility index (Phi) is 6.03. The van der Waals surface area contributed by atoms with Gasteiger partial charge in [-0.25, -0.2) is 9.37 Å². The zero-order valence-electron chi connectivity index (χ0n) is 16.7. The predicted molar refractivity (Wildman–Crippen MR) is 115 cm³/mol. The molecule has 0 amide bonds. The first-order valence-electron chi connectivity index (χ1n) is 9.86. The molecule has 4 rings (SSSR count). The van der Waals surface area contributed by atoms with Crippen LogP contribution < -0.4 is 0 Å². The number of aryl methyl sites for hydroxylation is 2. The van der Waals surface area contributed by atoms with Crippen LogP contribution in [-0.2, 0) is 19.4 Å². The predicted octanol–water partition coefficient (Wildman–Crippen LogP) is 4.36. The molecular weight excluding hydrogens is 395 g/mol. The molecule has 0 saturated heterocycles. The third kappa shape index (κ3) is 5.14. The van der Waals surface area contributed by atoms with Gasteiger partial charge in [0.1, 0.15) is 17.9 Å². The van der Waals surface area contributed by atoms with Crippen molar-refractivity contribution in [3.05, 3.63) is 113 Å². The second-order valence-electron chi connectivity index (χ2n) is 7.21. The molecule has 7 heteroatoms. The van der Waals surface area contributed by atoms with E-state index in [2.05, 4.69) is 27.3 Å². The number of nitrogens with one attached hydrogen (secondary N) is 1. The molecule has 6 nitrogen and oxygen atoms in total. The van der Waals surface area contributed by atoms with E-state index in [1.54, 1.807) is 18.3 Å². The van der Waals surface area contributed by atoms with Crippen molar-refractivity contribution in [3.63, 3.8) is 0 Å². The molecule has 0 bridgehead atoms. The molecule has 2 N–H and O–H groups in total. The van der Waals surface area contributed by atoms with Gasteiger partial charge in [-0.05, 0) is 41.7 Å². The molecule has 31 heavy (non-hydrogen) atoms. The fourth-order valence-corrected chi connectivity index (χ4v) is 3.40. The van der Waals surface area contributed by atoms with Gasteiger partial charge in [-0.1, -0.05) is 42.5 Å². The highest BCUT2D eigenvalue weighted by Crippen LogP contribution is 2.22. The van der Waals surface area contributed by atoms with Crippen LogP contribution in [0.1, 0.15) is 32.9 Å². The number of benzene rings is 2. The van der Waals surface area contributed by atoms with Crippen LogP contribution in [0.3, 0.4) is 0 Å². The van der Waals surface area contributed by atoms with Crippen LogP contribution in [0.2, 0.25) is 0 Å². The van der Waals surface area contributed by atoms with Crippen LogP contribution in [-0.4, -0.2) is 30.6 Å². The number of hydrogen-bond donors (Lipinski definition) is 2. The molecule has 0 aliphatic heterocycles. The number of H-pyrrole nitrogens is 1. The molecule has 0 atom stereocenters. The number of hydrogen-bond acceptors (Lipinski definition) is 4. The molecule has 0 aliphatic carbocycles. The molecule has 4 aromatic rings. The van der Waals surface area contributed by atoms with E-state index in [0.29, 0.717) is 18.5 Å². The summed E-state index contributed by atoms with van der Waals surface area (Å²) < 4.78 is 15.1. The molecule has 156 valence electrons. The number of aromatic amines is 1. The lowest BCUT2D eigenvalue weighted by molar-refractivity contribution is 0.103. The molecular formula is C24H21FN4O2. The van der Waals surface area contributed by atoms with E-state index in [4.69, 9.17) is 0 Å². The molecule has 0 saturated carbocycles. The van der Waals surface area contributed by atoms with Crippen molar-refractivity contribution in [1.29, 1.82) is 0 Å². The average molecular weight is 416 g/mol. The number of aromatic nitrogens is 4. The van der Waals surface area contributed by atoms with Crippen LogP contribution in [0.5, 0.6) is 0 Å². The molecule has 0 fully saturated rings. The highest BCUT2D eigenvalue weighted by atomic mass is 19.1. The topological polar surface area (TPSA) is 83.8 Å². The van der Waals surface area contributed by atoms with Crippen molar-refractivity contribution in [2.75, 3.05) is 0 Å². The number of halogens is 1. The van der Waals surface area contributed by atoms with Gasteiger partial charge in [0, 0.05) is 30.6 Å². The van der Waals surface area contributed by atoms with Gasteiger partial charge in [0.2, 0.25) is 5.78 Å². The molecule has 0 aliphatic rings. The van der Waals surface area contributed by atoms with Crippen LogP contribution in [0.15, 0.2) is 79.4 Å². The van der Waals surface area contributed by atoms with Gasteiger partial charge in [0.05, 0.1) is 0 Å². The monoisotopic (exact) mass is 416 g/mol. The van der Waals surface area contributed by atoms with Crippen molar-refractivity contribution in [3.8, 4) is 0 Å². The molecule has 2 aromatic heterocycles. The SMILES string of the molecule is O=C(C=C(O)c1cn(Cc2ccc(F)cc2)cc1CCc1ccccc1)c1ncn[nH]1. The van der Waals surface area contributed by atoms with Crippen molar-refractivity contribution < 1.29 is 14.3 Å². The second kappa shape index (κ2) is 9.21. The highest BCUT2D eigenvalue weighted by molar-refractivity contribution is 6.05. The third-order valence-electron chi connectivity index (χ3n) is 4.96. The summed E-state index contributed by atoms with van der Waals surface area (Å²) in [5.74, 6) is -0.826. The number of carbonyl (C=O) groups excluding carboxylic acids is 1. The van der Waals surface area contributed by atoms with E-state index in [-0.39, 0.29) is 17.4 Å². The Bertz CT molecular complexity index is 1180. The summed E-state index contributed by atoms with van der Waals surface area (Å²) >= 11 is 0. The van der Waals surface area contributed by atoms with Crippen molar-refractivity contribution in [1.82, 2.24) is 19.7 Å². The van der Waals surface area contributed by atoms with Gasteiger partial charge in [-0.15, -0.1) is 0 Å². The Morgan fingerprint density at radius 1 is 1.03 bits per heavy atom. The van der Waals surface area contributed by atoms with Crippen LogP contribution >= 0.6 is 0 Å². The Balaban J connectivity index is 1.61. The van der Waals surface area contributed by atoms with Crippen molar-refractivity contribution in [2.45, 2.75) is 19.4 Å². The number of allylic oxidation sites excluding steroid dienone is 1. The molecule has 0 radical (unpaired) electrons. The Hall–Kier alpha value is -4.00. The largest absolute Gasteiger partial charge is 0.507 e. The summed E-state index contributed by atoms with van der Waals surface area (Å²) in [6.07, 6.45) is 7.60. The zero-order valence-corrected chi connectivity index (χ0v) is 16.7. The second-order valence-corrected chi connectivity index (χ2v) is 7.21. The summed E-state index contributed by atoms with van der Waals surface area (Å²) in [6.45, 7) is 0.516. The summed E-state index contributed by atoms with van der Waals surface area (Å²) in [7, 11) is 0. The quantitative estimate of drug-likeness (QED) is 0.254. The van der Waals surface area contributed by atoms with E-state index >= 15 is 0 Å². The average Bonchev–Trinajstić information content (AvgIpc) is 3.45. The minimum atomic E-state index is -0.463. The summed E-state index contributed by atoms with van der Waals surface area (Å²) in [6, 6.07) is 16.3. The van der Waals surface area contributed by atoms with Gasteiger partial charge in [0.25, 0.3) is 0 Å². The van der Waals surface area contributed by atoms with Crippen molar-refractivity contribution in [2.24, 2.45) is 0 Å². The highest BCUT2D eigenvalue weighted by Gasteiger charge is 2.15. The number of aliphatic hydroxyl groups is 1. The van der Waals surface area contributed by atoms with E-state index < -0.39 is 5.78 Å². The van der Waals surface area contributed by atoms with Crippen LogP contribution in [0.25, 0.3) is 5.76 Å². The lowest BCUT2D eigenvalue weighted by atomic mass is 10.0. The first kappa shape index (κ1) is 20.3. The Labute approximate surface area is 178 Å². The van der Waals surface area contributed by atoms with E-state index in [9.17, 15) is 14.3 Å². The number of carbonyl (C=O) groups is 1. The summed E-state index contributed by atoms with van der Waals surface area (Å²) in [5.41, 5.74) is 3.59. The molecule has 2 aromatic carbocycles. The third-order valence-corrected chi connectivity index (χ3v) is 4.96. The fourth-order valence-electron chi connectivity index (χ4n) is 3.40. The van der Waals surface area contributed by atoms with Gasteiger partial charge >= 0.3 is 0 Å². The Morgan fingerprint density at radius 2 is 1.81 bits per heavy atom. The van der Waals surface area contributed by atoms with Crippen molar-refractivity contribution >= 4 is 11.5 Å². The number of nitrogens with zero attached hydrogens (tertiary/aromatic N) is 3. The maximum atomic E-state index is 13.2. The maximum absolute atomic E-state index is 13.2. The van der Waals surface area contributed by atoms with Gasteiger partial charge < -0.3 is 9.67 Å². The summed E-state index contributed by atoms with van der Waals surface area (Å²) in [5, 5.41) is 16.9. The maximum Gasteiger partial charge on any atom is 0.226 e. The standard InChI is InChI=1S/C24H21FN4O2/c25-20-10-7-18(8-11-20)13-29-14-19(9-6-17-4-2-1-3-5-17)21(15-29)22(30)12-23(31)24-26-16-27-28-24/h1-5,7-8,10-12,14-16,30H,6,9,13H2,(H,26,27,28). The van der Waals surface area contributed by atoms with Gasteiger partial charge in [0.15, 0.2) is 5.82 Å². The van der Waals surface area contributed by atoms with Gasteiger partial charge in [-0.2, -0.15) is 5.10 Å². The van der Waals surface area contributed by atoms with E-state index in [0.717, 1.165) is 23.6 Å². The van der Waals surface area contributed by atoms with Crippen LogP contribution in [0, 0.1) is 5.82 Å². The Morgan fingerprint density at radius 3 is 2.52 bits per heavy atom. The van der Waals surface area contributed by atoms with Crippen LogP contribution in [0.4, 0.5) is 4.39 Å². The molecule has 0 spiro atoms. The minimum absolute atomic E-state index is 0.0585. The smallest absolute Gasteiger partial charge is 0.226 e. The normalized spacial score (nSPS) is 11.6.